The number of methoxy groups -OCH3 is 1. The third-order valence-electron chi connectivity index (χ3n) is 2.86. The van der Waals surface area contributed by atoms with Crippen LogP contribution in [0, 0.1) is 23.3 Å². The zero-order chi connectivity index (χ0) is 14.9. The van der Waals surface area contributed by atoms with Gasteiger partial charge in [-0.15, -0.1) is 0 Å². The molecule has 2 nitrogen and oxygen atoms in total. The topological polar surface area (TPSA) is 29.5 Å². The molecule has 1 unspecified atom stereocenters. The van der Waals surface area contributed by atoms with Gasteiger partial charge < -0.3 is 9.84 Å². The summed E-state index contributed by atoms with van der Waals surface area (Å²) in [4.78, 5) is 0. The lowest BCUT2D eigenvalue weighted by Crippen LogP contribution is -2.07. The van der Waals surface area contributed by atoms with Gasteiger partial charge in [-0.2, -0.15) is 0 Å². The molecule has 1 atom stereocenters. The van der Waals surface area contributed by atoms with E-state index in [1.807, 2.05) is 0 Å². The Bertz CT molecular complexity index is 643. The van der Waals surface area contributed by atoms with Gasteiger partial charge in [-0.1, -0.05) is 6.07 Å². The minimum absolute atomic E-state index is 0.212. The fourth-order valence-electron chi connectivity index (χ4n) is 1.78. The Labute approximate surface area is 112 Å². The van der Waals surface area contributed by atoms with Crippen LogP contribution in [-0.4, -0.2) is 12.2 Å². The third-order valence-corrected chi connectivity index (χ3v) is 2.86. The number of aliphatic hydroxyl groups is 1. The molecule has 0 fully saturated rings. The maximum absolute atomic E-state index is 13.8. The molecule has 2 rings (SSSR count). The van der Waals surface area contributed by atoms with Crippen LogP contribution in [0.15, 0.2) is 30.3 Å². The highest BCUT2D eigenvalue weighted by molar-refractivity contribution is 5.36. The maximum Gasteiger partial charge on any atom is 0.194 e. The van der Waals surface area contributed by atoms with E-state index in [9.17, 15) is 22.7 Å². The largest absolute Gasteiger partial charge is 0.497 e. The van der Waals surface area contributed by atoms with Crippen molar-refractivity contribution < 1.29 is 27.4 Å². The van der Waals surface area contributed by atoms with Gasteiger partial charge in [0.1, 0.15) is 17.7 Å². The lowest BCUT2D eigenvalue weighted by molar-refractivity contribution is 0.207. The predicted molar refractivity (Wildman–Crippen MR) is 63.3 cm³/mol. The van der Waals surface area contributed by atoms with Crippen LogP contribution in [0.2, 0.25) is 0 Å². The minimum atomic E-state index is -1.75. The quantitative estimate of drug-likeness (QED) is 0.692. The van der Waals surface area contributed by atoms with E-state index in [0.717, 1.165) is 12.1 Å². The van der Waals surface area contributed by atoms with E-state index in [1.165, 1.54) is 19.2 Å². The van der Waals surface area contributed by atoms with Gasteiger partial charge in [0.2, 0.25) is 0 Å². The average molecular weight is 286 g/mol. The summed E-state index contributed by atoms with van der Waals surface area (Å²) < 4.78 is 58.0. The van der Waals surface area contributed by atoms with E-state index in [2.05, 4.69) is 0 Å². The van der Waals surface area contributed by atoms with Gasteiger partial charge in [-0.05, 0) is 18.2 Å². The highest BCUT2D eigenvalue weighted by Crippen LogP contribution is 2.29. The van der Waals surface area contributed by atoms with Crippen molar-refractivity contribution in [3.63, 3.8) is 0 Å². The van der Waals surface area contributed by atoms with Crippen molar-refractivity contribution in [1.82, 2.24) is 0 Å². The van der Waals surface area contributed by atoms with Crippen molar-refractivity contribution >= 4 is 0 Å². The summed E-state index contributed by atoms with van der Waals surface area (Å²) in [6, 6.07) is 5.07. The first kappa shape index (κ1) is 14.3. The number of rotatable bonds is 3. The van der Waals surface area contributed by atoms with Gasteiger partial charge in [0.15, 0.2) is 17.5 Å². The summed E-state index contributed by atoms with van der Waals surface area (Å²) in [5.41, 5.74) is -0.816. The fraction of sp³-hybridized carbons (Fsp3) is 0.143. The monoisotopic (exact) mass is 286 g/mol. The number of halogens is 4. The molecule has 0 spiro atoms. The molecule has 0 saturated carbocycles. The molecular weight excluding hydrogens is 276 g/mol. The van der Waals surface area contributed by atoms with Crippen LogP contribution in [0.5, 0.6) is 5.75 Å². The molecule has 2 aromatic carbocycles. The molecule has 0 aliphatic heterocycles. The smallest absolute Gasteiger partial charge is 0.194 e. The third kappa shape index (κ3) is 2.46. The molecule has 0 aromatic heterocycles. The van der Waals surface area contributed by atoms with E-state index in [4.69, 9.17) is 4.74 Å². The Hall–Kier alpha value is -2.08. The molecular formula is C14H10F4O2. The second-order valence-corrected chi connectivity index (χ2v) is 4.05. The van der Waals surface area contributed by atoms with Crippen LogP contribution in [-0.2, 0) is 0 Å². The Morgan fingerprint density at radius 2 is 1.55 bits per heavy atom. The van der Waals surface area contributed by atoms with Crippen LogP contribution >= 0.6 is 0 Å². The highest BCUT2D eigenvalue weighted by Gasteiger charge is 2.22. The normalized spacial score (nSPS) is 12.3. The average Bonchev–Trinajstić information content (AvgIpc) is 2.44. The number of hydrogen-bond donors (Lipinski definition) is 1. The van der Waals surface area contributed by atoms with Crippen LogP contribution in [0.4, 0.5) is 17.6 Å². The summed E-state index contributed by atoms with van der Waals surface area (Å²) in [6.07, 6.45) is -1.75. The van der Waals surface area contributed by atoms with Crippen LogP contribution in [0.3, 0.4) is 0 Å². The SMILES string of the molecule is COc1ccc(C(O)c2ccc(F)c(F)c2F)c(F)c1. The van der Waals surface area contributed by atoms with Crippen molar-refractivity contribution in [3.05, 3.63) is 64.7 Å². The summed E-state index contributed by atoms with van der Waals surface area (Å²) in [5, 5.41) is 9.92. The van der Waals surface area contributed by atoms with Crippen molar-refractivity contribution in [1.29, 1.82) is 0 Å². The Morgan fingerprint density at radius 1 is 0.900 bits per heavy atom. The molecule has 0 heterocycles. The Kier molecular flexibility index (Phi) is 3.94. The van der Waals surface area contributed by atoms with Crippen molar-refractivity contribution in [2.24, 2.45) is 0 Å². The van der Waals surface area contributed by atoms with Crippen LogP contribution in [0.1, 0.15) is 17.2 Å². The second kappa shape index (κ2) is 5.50. The molecule has 1 N–H and O–H groups in total. The number of hydrogen-bond acceptors (Lipinski definition) is 2. The summed E-state index contributed by atoms with van der Waals surface area (Å²) in [5.74, 6) is -5.28. The van der Waals surface area contributed by atoms with Gasteiger partial charge in [0.05, 0.1) is 7.11 Å². The summed E-state index contributed by atoms with van der Waals surface area (Å²) in [7, 11) is 1.33. The van der Waals surface area contributed by atoms with Gasteiger partial charge in [0.25, 0.3) is 0 Å². The van der Waals surface area contributed by atoms with Gasteiger partial charge in [0, 0.05) is 17.2 Å². The standard InChI is InChI=1S/C14H10F4O2/c1-20-7-2-3-8(11(16)6-7)14(19)9-4-5-10(15)13(18)12(9)17/h2-6,14,19H,1H3. The van der Waals surface area contributed by atoms with Crippen LogP contribution in [0.25, 0.3) is 0 Å². The van der Waals surface area contributed by atoms with E-state index in [1.54, 1.807) is 0 Å². The zero-order valence-electron chi connectivity index (χ0n) is 10.3. The molecule has 0 aliphatic carbocycles. The highest BCUT2D eigenvalue weighted by atomic mass is 19.2. The maximum atomic E-state index is 13.8. The van der Waals surface area contributed by atoms with Crippen molar-refractivity contribution in [2.45, 2.75) is 6.10 Å². The molecule has 20 heavy (non-hydrogen) atoms. The lowest BCUT2D eigenvalue weighted by Gasteiger charge is -2.14. The first-order valence-corrected chi connectivity index (χ1v) is 5.60. The molecule has 6 heteroatoms. The zero-order valence-corrected chi connectivity index (χ0v) is 10.3. The first-order valence-electron chi connectivity index (χ1n) is 5.60. The summed E-state index contributed by atoms with van der Waals surface area (Å²) >= 11 is 0. The lowest BCUT2D eigenvalue weighted by atomic mass is 10.00. The fourth-order valence-corrected chi connectivity index (χ4v) is 1.78. The van der Waals surface area contributed by atoms with Gasteiger partial charge in [-0.25, -0.2) is 17.6 Å². The first-order chi connectivity index (χ1) is 9.45. The van der Waals surface area contributed by atoms with Gasteiger partial charge in [-0.3, -0.25) is 0 Å². The molecule has 0 aliphatic rings. The Balaban J connectivity index is 2.46. The molecule has 106 valence electrons. The number of benzene rings is 2. The van der Waals surface area contributed by atoms with Crippen LogP contribution < -0.4 is 4.74 Å². The molecule has 2 aromatic rings. The summed E-state index contributed by atoms with van der Waals surface area (Å²) in [6.45, 7) is 0. The second-order valence-electron chi connectivity index (χ2n) is 4.05. The Morgan fingerprint density at radius 3 is 2.15 bits per heavy atom. The predicted octanol–water partition coefficient (Wildman–Crippen LogP) is 3.33. The minimum Gasteiger partial charge on any atom is -0.497 e. The van der Waals surface area contributed by atoms with E-state index < -0.39 is 34.9 Å². The number of ether oxygens (including phenoxy) is 1. The van der Waals surface area contributed by atoms with Gasteiger partial charge >= 0.3 is 0 Å². The van der Waals surface area contributed by atoms with E-state index in [0.29, 0.717) is 6.07 Å². The van der Waals surface area contributed by atoms with Crippen molar-refractivity contribution in [2.75, 3.05) is 7.11 Å². The molecule has 0 radical (unpaired) electrons. The molecule has 0 saturated heterocycles. The van der Waals surface area contributed by atoms with E-state index in [-0.39, 0.29) is 11.3 Å². The number of aliphatic hydroxyl groups excluding tert-OH is 1. The van der Waals surface area contributed by atoms with Crippen molar-refractivity contribution in [3.8, 4) is 5.75 Å². The molecule has 0 bridgehead atoms. The molecule has 0 amide bonds. The van der Waals surface area contributed by atoms with E-state index >= 15 is 0 Å².